The Morgan fingerprint density at radius 2 is 2.15 bits per heavy atom. The molecule has 2 N–H and O–H groups in total. The van der Waals surface area contributed by atoms with Crippen LogP contribution in [-0.2, 0) is 4.79 Å². The molecule has 0 radical (unpaired) electrons. The maximum atomic E-state index is 12.0. The fourth-order valence-electron chi connectivity index (χ4n) is 2.49. The largest absolute Gasteiger partial charge is 0.346 e. The Morgan fingerprint density at radius 1 is 1.45 bits per heavy atom. The minimum absolute atomic E-state index is 0.226. The quantitative estimate of drug-likeness (QED) is 0.756. The maximum Gasteiger partial charge on any atom is 0.223 e. The number of rotatable bonds is 6. The number of nitrogens with zero attached hydrogens (tertiary/aromatic N) is 2. The van der Waals surface area contributed by atoms with Crippen LogP contribution in [0.25, 0.3) is 0 Å². The van der Waals surface area contributed by atoms with Gasteiger partial charge < -0.3 is 10.6 Å². The van der Waals surface area contributed by atoms with E-state index >= 15 is 0 Å². The number of amides is 1. The molecule has 0 saturated carbocycles. The highest BCUT2D eigenvalue weighted by molar-refractivity contribution is 5.76. The predicted molar refractivity (Wildman–Crippen MR) is 84.5 cm³/mol. The second-order valence-corrected chi connectivity index (χ2v) is 6.74. The normalized spacial score (nSPS) is 16.9. The minimum Gasteiger partial charge on any atom is -0.346 e. The maximum absolute atomic E-state index is 12.0. The third kappa shape index (κ3) is 5.63. The van der Waals surface area contributed by atoms with E-state index in [-0.39, 0.29) is 11.3 Å². The van der Waals surface area contributed by atoms with E-state index in [0.29, 0.717) is 13.0 Å². The third-order valence-corrected chi connectivity index (χ3v) is 4.02. The number of nitrogens with two attached hydrogens (primary N) is 1. The number of hydrogen-bond donors (Lipinski definition) is 1. The Morgan fingerprint density at radius 3 is 2.65 bits per heavy atom. The summed E-state index contributed by atoms with van der Waals surface area (Å²) < 4.78 is 0. The van der Waals surface area contributed by atoms with Crippen LogP contribution < -0.4 is 5.73 Å². The van der Waals surface area contributed by atoms with Gasteiger partial charge in [-0.3, -0.25) is 9.69 Å². The lowest BCUT2D eigenvalue weighted by atomic mass is 9.83. The molecule has 1 heterocycles. The monoisotopic (exact) mass is 281 g/mol. The molecule has 1 amide bonds. The summed E-state index contributed by atoms with van der Waals surface area (Å²) in [6.07, 6.45) is 4.95. The smallest absolute Gasteiger partial charge is 0.223 e. The van der Waals surface area contributed by atoms with Gasteiger partial charge in [-0.25, -0.2) is 0 Å². The van der Waals surface area contributed by atoms with Crippen LogP contribution in [0.2, 0.25) is 0 Å². The Hall–Kier alpha value is -0.870. The van der Waals surface area contributed by atoms with Crippen molar-refractivity contribution in [3.8, 4) is 0 Å². The second-order valence-electron chi connectivity index (χ2n) is 6.74. The van der Waals surface area contributed by atoms with E-state index in [4.69, 9.17) is 5.73 Å². The molecule has 0 saturated heterocycles. The predicted octanol–water partition coefficient (Wildman–Crippen LogP) is 1.86. The van der Waals surface area contributed by atoms with Crippen molar-refractivity contribution in [1.82, 2.24) is 9.80 Å². The molecule has 1 aliphatic heterocycles. The molecule has 0 spiro atoms. The van der Waals surface area contributed by atoms with Crippen molar-refractivity contribution in [2.45, 2.75) is 40.0 Å². The van der Waals surface area contributed by atoms with Crippen molar-refractivity contribution in [3.05, 3.63) is 11.6 Å². The third-order valence-electron chi connectivity index (χ3n) is 4.02. The lowest BCUT2D eigenvalue weighted by Gasteiger charge is -2.32. The van der Waals surface area contributed by atoms with Crippen LogP contribution in [0.4, 0.5) is 0 Å². The average Bonchev–Trinajstić information content (AvgIpc) is 2.41. The molecule has 116 valence electrons. The zero-order valence-electron chi connectivity index (χ0n) is 13.6. The summed E-state index contributed by atoms with van der Waals surface area (Å²) >= 11 is 0. The molecule has 1 aliphatic rings. The van der Waals surface area contributed by atoms with Gasteiger partial charge in [-0.05, 0) is 24.8 Å². The van der Waals surface area contributed by atoms with Gasteiger partial charge in [-0.2, -0.15) is 0 Å². The van der Waals surface area contributed by atoms with Gasteiger partial charge in [-0.1, -0.05) is 32.4 Å². The molecule has 4 heteroatoms. The van der Waals surface area contributed by atoms with Crippen molar-refractivity contribution in [2.24, 2.45) is 11.1 Å². The lowest BCUT2D eigenvalue weighted by Crippen LogP contribution is -2.36. The summed E-state index contributed by atoms with van der Waals surface area (Å²) in [6.45, 7) is 11.1. The first kappa shape index (κ1) is 17.2. The van der Waals surface area contributed by atoms with E-state index in [0.717, 1.165) is 39.0 Å². The summed E-state index contributed by atoms with van der Waals surface area (Å²) in [5.41, 5.74) is 7.29. The molecule has 0 bridgehead atoms. The van der Waals surface area contributed by atoms with Crippen LogP contribution in [0.15, 0.2) is 11.6 Å². The highest BCUT2D eigenvalue weighted by Gasteiger charge is 2.21. The molecule has 20 heavy (non-hydrogen) atoms. The van der Waals surface area contributed by atoms with Gasteiger partial charge in [0.15, 0.2) is 0 Å². The van der Waals surface area contributed by atoms with E-state index in [1.54, 1.807) is 10.5 Å². The average molecular weight is 281 g/mol. The lowest BCUT2D eigenvalue weighted by molar-refractivity contribution is -0.130. The van der Waals surface area contributed by atoms with Gasteiger partial charge in [0.25, 0.3) is 0 Å². The standard InChI is InChI=1S/C16H31N3O/c1-16(2,3)14-6-11-19(12-7-14)13-8-15(20)18(4)10-5-9-17/h6H,5,7-13,17H2,1-4H3. The molecule has 0 unspecified atom stereocenters. The second kappa shape index (κ2) is 7.79. The van der Waals surface area contributed by atoms with Crippen LogP contribution >= 0.6 is 0 Å². The SMILES string of the molecule is CN(CCCN)C(=O)CCN1CC=C(C(C)(C)C)CC1. The van der Waals surface area contributed by atoms with Crippen molar-refractivity contribution in [1.29, 1.82) is 0 Å². The van der Waals surface area contributed by atoms with Crippen LogP contribution in [0, 0.1) is 5.41 Å². The van der Waals surface area contributed by atoms with Crippen LogP contribution in [0.1, 0.15) is 40.0 Å². The molecule has 1 rings (SSSR count). The molecule has 0 aromatic rings. The van der Waals surface area contributed by atoms with Gasteiger partial charge in [0, 0.05) is 39.6 Å². The number of hydrogen-bond acceptors (Lipinski definition) is 3. The number of carbonyl (C=O) groups is 1. The highest BCUT2D eigenvalue weighted by atomic mass is 16.2. The van der Waals surface area contributed by atoms with Gasteiger partial charge in [0.05, 0.1) is 0 Å². The van der Waals surface area contributed by atoms with Gasteiger partial charge >= 0.3 is 0 Å². The molecule has 0 aromatic carbocycles. The Balaban J connectivity index is 2.31. The van der Waals surface area contributed by atoms with Crippen molar-refractivity contribution in [2.75, 3.05) is 39.8 Å². The summed E-state index contributed by atoms with van der Waals surface area (Å²) in [4.78, 5) is 16.1. The summed E-state index contributed by atoms with van der Waals surface area (Å²) in [7, 11) is 1.87. The van der Waals surface area contributed by atoms with E-state index < -0.39 is 0 Å². The highest BCUT2D eigenvalue weighted by Crippen LogP contribution is 2.29. The zero-order valence-corrected chi connectivity index (χ0v) is 13.6. The first-order valence-corrected chi connectivity index (χ1v) is 7.70. The first-order valence-electron chi connectivity index (χ1n) is 7.70. The molecular formula is C16H31N3O. The van der Waals surface area contributed by atoms with E-state index in [2.05, 4.69) is 31.7 Å². The topological polar surface area (TPSA) is 49.6 Å². The molecule has 0 aromatic heterocycles. The van der Waals surface area contributed by atoms with Gasteiger partial charge in [-0.15, -0.1) is 0 Å². The van der Waals surface area contributed by atoms with Crippen LogP contribution in [0.3, 0.4) is 0 Å². The van der Waals surface area contributed by atoms with Crippen LogP contribution in [-0.4, -0.2) is 55.5 Å². The van der Waals surface area contributed by atoms with E-state index in [1.165, 1.54) is 0 Å². The van der Waals surface area contributed by atoms with Crippen molar-refractivity contribution in [3.63, 3.8) is 0 Å². The minimum atomic E-state index is 0.226. The van der Waals surface area contributed by atoms with E-state index in [9.17, 15) is 4.79 Å². The van der Waals surface area contributed by atoms with E-state index in [1.807, 2.05) is 7.05 Å². The zero-order chi connectivity index (χ0) is 15.2. The van der Waals surface area contributed by atoms with Gasteiger partial charge in [0.2, 0.25) is 5.91 Å². The Kier molecular flexibility index (Phi) is 6.69. The fourth-order valence-corrected chi connectivity index (χ4v) is 2.49. The molecule has 4 nitrogen and oxygen atoms in total. The fraction of sp³-hybridized carbons (Fsp3) is 0.812. The Labute approximate surface area is 124 Å². The molecule has 0 atom stereocenters. The van der Waals surface area contributed by atoms with Crippen molar-refractivity contribution >= 4 is 5.91 Å². The summed E-state index contributed by atoms with van der Waals surface area (Å²) in [5.74, 6) is 0.226. The molecule has 0 aliphatic carbocycles. The van der Waals surface area contributed by atoms with Gasteiger partial charge in [0.1, 0.15) is 0 Å². The first-order chi connectivity index (χ1) is 9.34. The van der Waals surface area contributed by atoms with Crippen LogP contribution in [0.5, 0.6) is 0 Å². The Bertz CT molecular complexity index is 344. The van der Waals surface area contributed by atoms with Crippen molar-refractivity contribution < 1.29 is 4.79 Å². The number of carbonyl (C=O) groups excluding carboxylic acids is 1. The summed E-state index contributed by atoms with van der Waals surface area (Å²) in [6, 6.07) is 0. The molecular weight excluding hydrogens is 250 g/mol. The molecule has 0 fully saturated rings. The summed E-state index contributed by atoms with van der Waals surface area (Å²) in [5, 5.41) is 0.